The fourth-order valence-electron chi connectivity index (χ4n) is 2.65. The molecule has 1 amide bonds. The van der Waals surface area contributed by atoms with E-state index in [0.717, 1.165) is 5.56 Å². The van der Waals surface area contributed by atoms with Gasteiger partial charge >= 0.3 is 0 Å². The minimum atomic E-state index is -0.0426. The summed E-state index contributed by atoms with van der Waals surface area (Å²) in [5.41, 5.74) is 0.752. The van der Waals surface area contributed by atoms with Crippen LogP contribution < -0.4 is 9.47 Å². The molecule has 0 saturated carbocycles. The third kappa shape index (κ3) is 4.29. The maximum absolute atomic E-state index is 12.3. The minimum Gasteiger partial charge on any atom is -0.490 e. The summed E-state index contributed by atoms with van der Waals surface area (Å²) in [4.78, 5) is 15.3. The van der Waals surface area contributed by atoms with Crippen molar-refractivity contribution in [2.75, 3.05) is 39.5 Å². The van der Waals surface area contributed by atoms with Gasteiger partial charge in [-0.25, -0.2) is 0 Å². The maximum Gasteiger partial charge on any atom is 0.246 e. The topological polar surface area (TPSA) is 91.6 Å². The molecule has 1 aromatic carbocycles. The summed E-state index contributed by atoms with van der Waals surface area (Å²) in [5, 5.41) is 12.3. The molecular formula is C17H23N5O4. The highest BCUT2D eigenvalue weighted by Crippen LogP contribution is 2.31. The van der Waals surface area contributed by atoms with Gasteiger partial charge in [-0.1, -0.05) is 0 Å². The number of carbonyl (C=O) groups is 1. The molecule has 2 heterocycles. The summed E-state index contributed by atoms with van der Waals surface area (Å²) in [6, 6.07) is 5.49. The average molecular weight is 361 g/mol. The first-order valence-electron chi connectivity index (χ1n) is 8.74. The maximum atomic E-state index is 12.3. The molecule has 3 rings (SSSR count). The van der Waals surface area contributed by atoms with Crippen LogP contribution in [-0.2, 0) is 16.1 Å². The number of ether oxygens (including phenoxy) is 3. The highest BCUT2D eigenvalue weighted by molar-refractivity contribution is 5.75. The first-order valence-corrected chi connectivity index (χ1v) is 8.74. The summed E-state index contributed by atoms with van der Waals surface area (Å²) in [7, 11) is 0. The molecule has 0 aliphatic carbocycles. The Kier molecular flexibility index (Phi) is 6.00. The van der Waals surface area contributed by atoms with Crippen molar-refractivity contribution >= 4 is 5.91 Å². The van der Waals surface area contributed by atoms with Gasteiger partial charge in [-0.3, -0.25) is 4.79 Å². The zero-order chi connectivity index (χ0) is 18.4. The number of nitrogens with zero attached hydrogens (tertiary/aromatic N) is 5. The first kappa shape index (κ1) is 18.1. The van der Waals surface area contributed by atoms with Crippen molar-refractivity contribution in [1.82, 2.24) is 25.1 Å². The Balaban J connectivity index is 1.72. The molecule has 2 aromatic rings. The van der Waals surface area contributed by atoms with Gasteiger partial charge in [-0.15, -0.1) is 10.2 Å². The van der Waals surface area contributed by atoms with Crippen molar-refractivity contribution in [2.24, 2.45) is 0 Å². The fraction of sp³-hybridized carbons (Fsp3) is 0.529. The van der Waals surface area contributed by atoms with Gasteiger partial charge in [0.25, 0.3) is 0 Å². The normalized spacial score (nSPS) is 14.3. The van der Waals surface area contributed by atoms with Crippen LogP contribution in [0.15, 0.2) is 18.2 Å². The molecule has 0 N–H and O–H groups in total. The van der Waals surface area contributed by atoms with Crippen LogP contribution in [0.1, 0.15) is 13.8 Å². The second-order valence-corrected chi connectivity index (χ2v) is 5.66. The van der Waals surface area contributed by atoms with Crippen LogP contribution in [0.3, 0.4) is 0 Å². The van der Waals surface area contributed by atoms with Gasteiger partial charge in [-0.05, 0) is 37.3 Å². The lowest BCUT2D eigenvalue weighted by Gasteiger charge is -2.26. The van der Waals surface area contributed by atoms with E-state index >= 15 is 0 Å². The smallest absolute Gasteiger partial charge is 0.246 e. The monoisotopic (exact) mass is 361 g/mol. The van der Waals surface area contributed by atoms with Crippen molar-refractivity contribution in [1.29, 1.82) is 0 Å². The number of hydrogen-bond acceptors (Lipinski definition) is 7. The predicted molar refractivity (Wildman–Crippen MR) is 93.0 cm³/mol. The standard InChI is InChI=1S/C17H23N5O4/c1-3-25-14-6-5-13(11-15(14)26-4-2)17-18-20-22(19-17)12-16(23)21-7-9-24-10-8-21/h5-6,11H,3-4,7-10,12H2,1-2H3. The van der Waals surface area contributed by atoms with Gasteiger partial charge in [0.05, 0.1) is 26.4 Å². The second-order valence-electron chi connectivity index (χ2n) is 5.66. The van der Waals surface area contributed by atoms with Gasteiger partial charge in [0.15, 0.2) is 11.5 Å². The number of amides is 1. The Morgan fingerprint density at radius 3 is 2.62 bits per heavy atom. The zero-order valence-electron chi connectivity index (χ0n) is 15.1. The van der Waals surface area contributed by atoms with E-state index in [0.29, 0.717) is 56.8 Å². The molecule has 26 heavy (non-hydrogen) atoms. The lowest BCUT2D eigenvalue weighted by atomic mass is 10.2. The summed E-state index contributed by atoms with van der Waals surface area (Å²) >= 11 is 0. The molecule has 140 valence electrons. The molecule has 9 nitrogen and oxygen atoms in total. The molecule has 1 aromatic heterocycles. The van der Waals surface area contributed by atoms with Gasteiger partial charge in [0, 0.05) is 18.7 Å². The number of morpholine rings is 1. The number of benzene rings is 1. The largest absolute Gasteiger partial charge is 0.490 e. The van der Waals surface area contributed by atoms with Gasteiger partial charge in [-0.2, -0.15) is 4.80 Å². The van der Waals surface area contributed by atoms with Crippen LogP contribution in [0.2, 0.25) is 0 Å². The van der Waals surface area contributed by atoms with Crippen molar-refractivity contribution < 1.29 is 19.0 Å². The molecule has 1 aliphatic rings. The van der Waals surface area contributed by atoms with Crippen LogP contribution in [0.4, 0.5) is 0 Å². The van der Waals surface area contributed by atoms with E-state index in [2.05, 4.69) is 15.4 Å². The predicted octanol–water partition coefficient (Wildman–Crippen LogP) is 0.996. The van der Waals surface area contributed by atoms with Gasteiger partial charge in [0.2, 0.25) is 11.7 Å². The Hall–Kier alpha value is -2.68. The highest BCUT2D eigenvalue weighted by atomic mass is 16.5. The Bertz CT molecular complexity index is 743. The lowest BCUT2D eigenvalue weighted by molar-refractivity contribution is -0.136. The Morgan fingerprint density at radius 1 is 1.15 bits per heavy atom. The van der Waals surface area contributed by atoms with Gasteiger partial charge in [0.1, 0.15) is 6.54 Å². The van der Waals surface area contributed by atoms with E-state index in [1.165, 1.54) is 4.80 Å². The van der Waals surface area contributed by atoms with Crippen molar-refractivity contribution in [3.05, 3.63) is 18.2 Å². The highest BCUT2D eigenvalue weighted by Gasteiger charge is 2.19. The summed E-state index contributed by atoms with van der Waals surface area (Å²) in [5.74, 6) is 1.70. The molecule has 9 heteroatoms. The van der Waals surface area contributed by atoms with Crippen molar-refractivity contribution in [2.45, 2.75) is 20.4 Å². The van der Waals surface area contributed by atoms with E-state index in [9.17, 15) is 4.79 Å². The van der Waals surface area contributed by atoms with Crippen LogP contribution in [0, 0.1) is 0 Å². The van der Waals surface area contributed by atoms with E-state index in [-0.39, 0.29) is 12.5 Å². The molecule has 0 unspecified atom stereocenters. The molecule has 0 atom stereocenters. The van der Waals surface area contributed by atoms with Crippen LogP contribution in [0.5, 0.6) is 11.5 Å². The number of carbonyl (C=O) groups excluding carboxylic acids is 1. The SMILES string of the molecule is CCOc1ccc(-c2nnn(CC(=O)N3CCOCC3)n2)cc1OCC. The fourth-order valence-corrected chi connectivity index (χ4v) is 2.65. The Labute approximate surface area is 151 Å². The molecule has 1 aliphatic heterocycles. The quantitative estimate of drug-likeness (QED) is 0.726. The van der Waals surface area contributed by atoms with Crippen LogP contribution in [-0.4, -0.2) is 70.5 Å². The third-order valence-corrected chi connectivity index (χ3v) is 3.89. The third-order valence-electron chi connectivity index (χ3n) is 3.89. The van der Waals surface area contributed by atoms with E-state index in [1.54, 1.807) is 4.90 Å². The summed E-state index contributed by atoms with van der Waals surface area (Å²) in [6.07, 6.45) is 0. The van der Waals surface area contributed by atoms with E-state index < -0.39 is 0 Å². The number of hydrogen-bond donors (Lipinski definition) is 0. The summed E-state index contributed by atoms with van der Waals surface area (Å²) in [6.45, 7) is 7.28. The van der Waals surface area contributed by atoms with Gasteiger partial charge < -0.3 is 19.1 Å². The Morgan fingerprint density at radius 2 is 1.88 bits per heavy atom. The van der Waals surface area contributed by atoms with E-state index in [4.69, 9.17) is 14.2 Å². The lowest BCUT2D eigenvalue weighted by Crippen LogP contribution is -2.42. The number of tetrazole rings is 1. The zero-order valence-corrected chi connectivity index (χ0v) is 15.1. The summed E-state index contributed by atoms with van der Waals surface area (Å²) < 4.78 is 16.4. The molecular weight excluding hydrogens is 338 g/mol. The molecule has 0 spiro atoms. The van der Waals surface area contributed by atoms with Crippen LogP contribution in [0.25, 0.3) is 11.4 Å². The minimum absolute atomic E-state index is 0.0426. The van der Waals surface area contributed by atoms with Crippen molar-refractivity contribution in [3.8, 4) is 22.9 Å². The molecule has 0 bridgehead atoms. The van der Waals surface area contributed by atoms with E-state index in [1.807, 2.05) is 32.0 Å². The molecule has 0 radical (unpaired) electrons. The average Bonchev–Trinajstić information content (AvgIpc) is 3.13. The molecule has 1 saturated heterocycles. The second kappa shape index (κ2) is 8.61. The molecule has 1 fully saturated rings. The first-order chi connectivity index (χ1) is 12.7. The number of aromatic nitrogens is 4. The van der Waals surface area contributed by atoms with Crippen LogP contribution >= 0.6 is 0 Å². The number of rotatable bonds is 7. The van der Waals surface area contributed by atoms with Crippen molar-refractivity contribution in [3.63, 3.8) is 0 Å².